The molecule has 1 aromatic carbocycles. The Morgan fingerprint density at radius 1 is 1.12 bits per heavy atom. The predicted octanol–water partition coefficient (Wildman–Crippen LogP) is 4.03. The SMILES string of the molecule is C=C1CCC(N2CCC3(CCCN(C[C@H](O)c4ccc5c(c4C)COC5=O)CC3)C2=O)=C1C. The third-order valence-corrected chi connectivity index (χ3v) is 8.50. The van der Waals surface area contributed by atoms with Gasteiger partial charge in [-0.25, -0.2) is 4.79 Å². The van der Waals surface area contributed by atoms with E-state index in [-0.39, 0.29) is 18.0 Å². The van der Waals surface area contributed by atoms with Crippen LogP contribution in [-0.2, 0) is 16.1 Å². The molecule has 0 aromatic heterocycles. The van der Waals surface area contributed by atoms with E-state index in [0.717, 1.165) is 80.4 Å². The average molecular weight is 451 g/mol. The molecule has 1 spiro atoms. The molecule has 1 aromatic rings. The highest BCUT2D eigenvalue weighted by Gasteiger charge is 2.48. The van der Waals surface area contributed by atoms with E-state index in [1.165, 1.54) is 11.3 Å². The molecular weight excluding hydrogens is 416 g/mol. The molecule has 5 rings (SSSR count). The number of esters is 1. The highest BCUT2D eigenvalue weighted by atomic mass is 16.5. The van der Waals surface area contributed by atoms with Crippen molar-refractivity contribution >= 4 is 11.9 Å². The van der Waals surface area contributed by atoms with Crippen molar-refractivity contribution in [2.24, 2.45) is 5.41 Å². The van der Waals surface area contributed by atoms with Gasteiger partial charge in [0.05, 0.1) is 17.1 Å². The number of carbonyl (C=O) groups is 2. The number of benzene rings is 1. The lowest BCUT2D eigenvalue weighted by Gasteiger charge is -2.28. The Balaban J connectivity index is 1.26. The number of allylic oxidation sites excluding steroid dienone is 3. The highest BCUT2D eigenvalue weighted by molar-refractivity contribution is 5.94. The minimum atomic E-state index is -0.631. The largest absolute Gasteiger partial charge is 0.457 e. The van der Waals surface area contributed by atoms with Gasteiger partial charge in [0.25, 0.3) is 0 Å². The van der Waals surface area contributed by atoms with Crippen molar-refractivity contribution in [3.05, 3.63) is 57.8 Å². The Hall–Kier alpha value is -2.44. The van der Waals surface area contributed by atoms with Crippen LogP contribution in [0.1, 0.15) is 78.6 Å². The van der Waals surface area contributed by atoms with Crippen molar-refractivity contribution in [2.75, 3.05) is 26.2 Å². The van der Waals surface area contributed by atoms with Gasteiger partial charge in [-0.1, -0.05) is 18.2 Å². The van der Waals surface area contributed by atoms with Gasteiger partial charge in [-0.05, 0) is 88.2 Å². The summed E-state index contributed by atoms with van der Waals surface area (Å²) in [5.74, 6) is 0.0168. The Bertz CT molecular complexity index is 1060. The summed E-state index contributed by atoms with van der Waals surface area (Å²) in [7, 11) is 0. The summed E-state index contributed by atoms with van der Waals surface area (Å²) in [5.41, 5.74) is 6.60. The quantitative estimate of drug-likeness (QED) is 0.702. The third kappa shape index (κ3) is 3.73. The lowest BCUT2D eigenvalue weighted by atomic mass is 9.79. The Kier molecular flexibility index (Phi) is 5.69. The van der Waals surface area contributed by atoms with Crippen LogP contribution in [0.25, 0.3) is 0 Å². The standard InChI is InChI=1S/C27H34N2O4/c1-17-5-8-23(18(17)2)29-14-11-27(26(29)32)9-4-12-28(13-10-27)15-24(30)20-6-7-21-22(19(20)3)16-33-25(21)31/h6-7,24,30H,1,4-5,8-16H2,2-3H3/t24-,27?/m0/s1. The molecule has 4 aliphatic rings. The van der Waals surface area contributed by atoms with E-state index in [2.05, 4.69) is 23.3 Å². The van der Waals surface area contributed by atoms with Gasteiger partial charge in [0.15, 0.2) is 0 Å². The van der Waals surface area contributed by atoms with Crippen LogP contribution in [0.15, 0.2) is 35.6 Å². The summed E-state index contributed by atoms with van der Waals surface area (Å²) in [6.45, 7) is 11.5. The molecule has 2 atom stereocenters. The van der Waals surface area contributed by atoms with E-state index in [0.29, 0.717) is 18.0 Å². The van der Waals surface area contributed by atoms with E-state index < -0.39 is 6.10 Å². The van der Waals surface area contributed by atoms with Crippen LogP contribution in [0.2, 0.25) is 0 Å². The number of hydrogen-bond acceptors (Lipinski definition) is 5. The number of fused-ring (bicyclic) bond motifs is 1. The molecule has 2 saturated heterocycles. The maximum absolute atomic E-state index is 13.6. The van der Waals surface area contributed by atoms with Gasteiger partial charge in [-0.15, -0.1) is 0 Å². The molecule has 0 saturated carbocycles. The van der Waals surface area contributed by atoms with Crippen LogP contribution in [0.5, 0.6) is 0 Å². The topological polar surface area (TPSA) is 70.1 Å². The van der Waals surface area contributed by atoms with E-state index in [4.69, 9.17) is 4.74 Å². The summed E-state index contributed by atoms with van der Waals surface area (Å²) >= 11 is 0. The smallest absolute Gasteiger partial charge is 0.338 e. The van der Waals surface area contributed by atoms with E-state index >= 15 is 0 Å². The van der Waals surface area contributed by atoms with Gasteiger partial charge in [-0.2, -0.15) is 0 Å². The zero-order chi connectivity index (χ0) is 23.3. The van der Waals surface area contributed by atoms with Crippen molar-refractivity contribution < 1.29 is 19.4 Å². The maximum Gasteiger partial charge on any atom is 0.338 e. The molecule has 3 aliphatic heterocycles. The average Bonchev–Trinajstić information content (AvgIpc) is 3.37. The summed E-state index contributed by atoms with van der Waals surface area (Å²) < 4.78 is 5.15. The van der Waals surface area contributed by atoms with Gasteiger partial charge in [0.2, 0.25) is 5.91 Å². The third-order valence-electron chi connectivity index (χ3n) is 8.50. The Morgan fingerprint density at radius 3 is 2.67 bits per heavy atom. The monoisotopic (exact) mass is 450 g/mol. The maximum atomic E-state index is 13.6. The van der Waals surface area contributed by atoms with Gasteiger partial charge in [0.1, 0.15) is 6.61 Å². The Labute approximate surface area is 195 Å². The normalized spacial score (nSPS) is 26.9. The molecule has 6 heteroatoms. The zero-order valence-corrected chi connectivity index (χ0v) is 19.8. The number of nitrogens with zero attached hydrogens (tertiary/aromatic N) is 2. The molecule has 2 fully saturated rings. The van der Waals surface area contributed by atoms with Crippen LogP contribution >= 0.6 is 0 Å². The number of cyclic esters (lactones) is 1. The molecule has 1 N–H and O–H groups in total. The lowest BCUT2D eigenvalue weighted by Crippen LogP contribution is -2.36. The summed E-state index contributed by atoms with van der Waals surface area (Å²) in [6, 6.07) is 3.63. The van der Waals surface area contributed by atoms with E-state index in [1.54, 1.807) is 6.07 Å². The first-order valence-electron chi connectivity index (χ1n) is 12.2. The molecular formula is C27H34N2O4. The molecule has 0 radical (unpaired) electrons. The highest BCUT2D eigenvalue weighted by Crippen LogP contribution is 2.45. The predicted molar refractivity (Wildman–Crippen MR) is 125 cm³/mol. The first-order chi connectivity index (χ1) is 15.8. The number of amides is 1. The fourth-order valence-electron chi connectivity index (χ4n) is 6.23. The number of ether oxygens (including phenoxy) is 1. The second-order valence-electron chi connectivity index (χ2n) is 10.2. The van der Waals surface area contributed by atoms with Crippen LogP contribution in [-0.4, -0.2) is 53.0 Å². The molecule has 3 heterocycles. The fraction of sp³-hybridized carbons (Fsp3) is 0.556. The number of hydrogen-bond donors (Lipinski definition) is 1. The number of likely N-dealkylation sites (tertiary alicyclic amines) is 2. The minimum absolute atomic E-state index is 0.266. The zero-order valence-electron chi connectivity index (χ0n) is 19.8. The lowest BCUT2D eigenvalue weighted by molar-refractivity contribution is -0.135. The summed E-state index contributed by atoms with van der Waals surface area (Å²) in [6.07, 6.45) is 4.90. The molecule has 1 unspecified atom stereocenters. The summed E-state index contributed by atoms with van der Waals surface area (Å²) in [5, 5.41) is 11.0. The van der Waals surface area contributed by atoms with Gasteiger partial charge >= 0.3 is 5.97 Å². The van der Waals surface area contributed by atoms with Crippen LogP contribution < -0.4 is 0 Å². The van der Waals surface area contributed by atoms with Crippen LogP contribution in [0.4, 0.5) is 0 Å². The molecule has 176 valence electrons. The molecule has 6 nitrogen and oxygen atoms in total. The molecule has 1 amide bonds. The number of carbonyl (C=O) groups excluding carboxylic acids is 2. The number of aliphatic hydroxyl groups excluding tert-OH is 1. The van der Waals surface area contributed by atoms with Gasteiger partial charge < -0.3 is 19.6 Å². The molecule has 0 bridgehead atoms. The van der Waals surface area contributed by atoms with Gasteiger partial charge in [0, 0.05) is 24.4 Å². The first kappa shape index (κ1) is 22.4. The first-order valence-corrected chi connectivity index (χ1v) is 12.2. The minimum Gasteiger partial charge on any atom is -0.457 e. The van der Waals surface area contributed by atoms with Crippen LogP contribution in [0.3, 0.4) is 0 Å². The van der Waals surface area contributed by atoms with Crippen molar-refractivity contribution in [1.82, 2.24) is 9.80 Å². The number of rotatable bonds is 4. The fourth-order valence-corrected chi connectivity index (χ4v) is 6.23. The Morgan fingerprint density at radius 2 is 1.91 bits per heavy atom. The number of aliphatic hydroxyl groups is 1. The second-order valence-corrected chi connectivity index (χ2v) is 10.2. The molecule has 33 heavy (non-hydrogen) atoms. The van der Waals surface area contributed by atoms with Crippen molar-refractivity contribution in [3.8, 4) is 0 Å². The van der Waals surface area contributed by atoms with Crippen molar-refractivity contribution in [3.63, 3.8) is 0 Å². The summed E-state index contributed by atoms with van der Waals surface area (Å²) in [4.78, 5) is 29.7. The molecule has 1 aliphatic carbocycles. The van der Waals surface area contributed by atoms with Crippen molar-refractivity contribution in [2.45, 2.75) is 65.1 Å². The van der Waals surface area contributed by atoms with Crippen LogP contribution in [0, 0.1) is 12.3 Å². The van der Waals surface area contributed by atoms with E-state index in [1.807, 2.05) is 13.0 Å². The van der Waals surface area contributed by atoms with E-state index in [9.17, 15) is 14.7 Å². The van der Waals surface area contributed by atoms with Crippen molar-refractivity contribution in [1.29, 1.82) is 0 Å². The number of β-amino-alcohol motifs (C(OH)–C–C–N with tert-alkyl or cyclic N) is 1. The second kappa shape index (κ2) is 8.41. The van der Waals surface area contributed by atoms with Gasteiger partial charge in [-0.3, -0.25) is 4.79 Å².